The lowest BCUT2D eigenvalue weighted by Gasteiger charge is -2.38. The zero-order valence-corrected chi connectivity index (χ0v) is 19.6. The van der Waals surface area contributed by atoms with Crippen LogP contribution in [0.25, 0.3) is 28.0 Å². The quantitative estimate of drug-likeness (QED) is 0.435. The van der Waals surface area contributed by atoms with Crippen LogP contribution in [0, 0.1) is 0 Å². The molecule has 9 nitrogen and oxygen atoms in total. The van der Waals surface area contributed by atoms with Gasteiger partial charge in [0, 0.05) is 30.3 Å². The molecule has 1 aliphatic rings. The van der Waals surface area contributed by atoms with Crippen LogP contribution in [0.2, 0.25) is 0 Å². The highest BCUT2D eigenvalue weighted by Gasteiger charge is 2.45. The number of alkyl halides is 2. The number of nitrogens with one attached hydrogen (secondary N) is 1. The molecule has 0 unspecified atom stereocenters. The van der Waals surface area contributed by atoms with E-state index in [1.54, 1.807) is 65.9 Å². The average Bonchev–Trinajstić information content (AvgIpc) is 3.34. The van der Waals surface area contributed by atoms with Crippen LogP contribution in [0.3, 0.4) is 0 Å². The van der Waals surface area contributed by atoms with Gasteiger partial charge in [-0.15, -0.1) is 0 Å². The number of amides is 1. The van der Waals surface area contributed by atoms with Crippen molar-refractivity contribution >= 4 is 26.6 Å². The van der Waals surface area contributed by atoms with Gasteiger partial charge in [-0.3, -0.25) is 9.48 Å². The summed E-state index contributed by atoms with van der Waals surface area (Å²) in [7, 11) is -1.37. The van der Waals surface area contributed by atoms with E-state index < -0.39 is 27.9 Å². The van der Waals surface area contributed by atoms with Crippen molar-refractivity contribution in [1.82, 2.24) is 24.9 Å². The zero-order chi connectivity index (χ0) is 25.0. The molecule has 35 heavy (non-hydrogen) atoms. The molecule has 4 aromatic rings. The van der Waals surface area contributed by atoms with Crippen molar-refractivity contribution in [1.29, 1.82) is 0 Å². The number of benzene rings is 2. The summed E-state index contributed by atoms with van der Waals surface area (Å²) in [6, 6.07) is 12.9. The van der Waals surface area contributed by atoms with Gasteiger partial charge < -0.3 is 10.1 Å². The van der Waals surface area contributed by atoms with Gasteiger partial charge >= 0.3 is 6.61 Å². The third-order valence-electron chi connectivity index (χ3n) is 5.79. The van der Waals surface area contributed by atoms with Crippen LogP contribution in [0.1, 0.15) is 17.3 Å². The zero-order valence-electron chi connectivity index (χ0n) is 18.8. The number of halogens is 2. The lowest BCUT2D eigenvalue weighted by Crippen LogP contribution is -2.63. The number of sulfone groups is 1. The first-order valence-electron chi connectivity index (χ1n) is 10.6. The summed E-state index contributed by atoms with van der Waals surface area (Å²) in [5.41, 5.74) is 1.86. The molecule has 0 atom stereocenters. The minimum Gasteiger partial charge on any atom is -0.435 e. The van der Waals surface area contributed by atoms with Crippen LogP contribution >= 0.6 is 0 Å². The number of hydrogen-bond acceptors (Lipinski definition) is 6. The molecule has 0 spiro atoms. The lowest BCUT2D eigenvalue weighted by atomic mass is 10.0. The molecule has 0 radical (unpaired) electrons. The second-order valence-electron chi connectivity index (χ2n) is 8.76. The fourth-order valence-electron chi connectivity index (χ4n) is 4.39. The molecule has 3 heterocycles. The van der Waals surface area contributed by atoms with Gasteiger partial charge in [-0.25, -0.2) is 13.1 Å². The molecule has 182 valence electrons. The molecule has 1 amide bonds. The highest BCUT2D eigenvalue weighted by molar-refractivity contribution is 7.93. The van der Waals surface area contributed by atoms with Gasteiger partial charge in [0.1, 0.15) is 11.4 Å². The topological polar surface area (TPSA) is 108 Å². The molecule has 12 heteroatoms. The third-order valence-corrected chi connectivity index (χ3v) is 7.94. The Balaban J connectivity index is 1.59. The Labute approximate surface area is 199 Å². The highest BCUT2D eigenvalue weighted by Crippen LogP contribution is 2.32. The second-order valence-corrected chi connectivity index (χ2v) is 10.8. The van der Waals surface area contributed by atoms with Gasteiger partial charge in [0.15, 0.2) is 9.84 Å². The van der Waals surface area contributed by atoms with Gasteiger partial charge in [0.05, 0.1) is 33.9 Å². The number of ether oxygens (including phenoxy) is 1. The SMILES string of the molecule is Cn1nccc1-c1nn(-c2cccc(OC(F)F)c2)c2ccc(C(=O)NC3(C)CS(=O)(=O)C3)cc12. The van der Waals surface area contributed by atoms with E-state index in [9.17, 15) is 22.0 Å². The van der Waals surface area contributed by atoms with Crippen LogP contribution in [0.4, 0.5) is 8.78 Å². The molecule has 1 saturated heterocycles. The van der Waals surface area contributed by atoms with Gasteiger partial charge in [0.2, 0.25) is 0 Å². The number of rotatable bonds is 6. The first-order valence-corrected chi connectivity index (χ1v) is 12.5. The van der Waals surface area contributed by atoms with Crippen molar-refractivity contribution in [2.75, 3.05) is 11.5 Å². The summed E-state index contributed by atoms with van der Waals surface area (Å²) in [4.78, 5) is 13.0. The number of hydrogen-bond donors (Lipinski definition) is 1. The minimum absolute atomic E-state index is 0.0112. The minimum atomic E-state index is -3.13. The Hall–Kier alpha value is -3.80. The summed E-state index contributed by atoms with van der Waals surface area (Å²) in [5, 5.41) is 12.3. The second kappa shape index (κ2) is 8.15. The number of aryl methyl sites for hydroxylation is 1. The number of nitrogens with zero attached hydrogens (tertiary/aromatic N) is 4. The molecule has 2 aromatic heterocycles. The smallest absolute Gasteiger partial charge is 0.387 e. The van der Waals surface area contributed by atoms with E-state index in [0.717, 1.165) is 0 Å². The Morgan fingerprint density at radius 1 is 1.17 bits per heavy atom. The average molecular weight is 502 g/mol. The molecule has 1 fully saturated rings. The standard InChI is InChI=1S/C23H21F2N5O4S/c1-23(12-35(32,33)13-23)27-21(31)14-6-7-18-17(10-14)20(19-8-9-26-29(19)2)28-30(18)15-4-3-5-16(11-15)34-22(24)25/h3-11,22H,12-13H2,1-2H3,(H,27,31). The predicted octanol–water partition coefficient (Wildman–Crippen LogP) is 2.94. The van der Waals surface area contributed by atoms with Crippen molar-refractivity contribution < 1.29 is 26.7 Å². The van der Waals surface area contributed by atoms with Crippen molar-refractivity contribution in [3.8, 4) is 22.8 Å². The fourth-order valence-corrected chi connectivity index (χ4v) is 6.39. The van der Waals surface area contributed by atoms with Gasteiger partial charge in [-0.2, -0.15) is 19.0 Å². The van der Waals surface area contributed by atoms with Crippen molar-refractivity contribution in [3.05, 3.63) is 60.3 Å². The highest BCUT2D eigenvalue weighted by atomic mass is 32.2. The predicted molar refractivity (Wildman–Crippen MR) is 124 cm³/mol. The van der Waals surface area contributed by atoms with E-state index >= 15 is 0 Å². The van der Waals surface area contributed by atoms with Gasteiger partial charge in [-0.05, 0) is 43.3 Å². The molecular weight excluding hydrogens is 480 g/mol. The Morgan fingerprint density at radius 3 is 2.60 bits per heavy atom. The molecule has 0 bridgehead atoms. The van der Waals surface area contributed by atoms with E-state index in [1.165, 1.54) is 12.1 Å². The molecule has 0 saturated carbocycles. The summed E-state index contributed by atoms with van der Waals surface area (Å²) in [6.45, 7) is -1.27. The maximum atomic E-state index is 13.0. The van der Waals surface area contributed by atoms with Crippen LogP contribution in [0.5, 0.6) is 5.75 Å². The number of aromatic nitrogens is 4. The van der Waals surface area contributed by atoms with Gasteiger partial charge in [-0.1, -0.05) is 6.07 Å². The summed E-state index contributed by atoms with van der Waals surface area (Å²) in [6.07, 6.45) is 1.62. The Morgan fingerprint density at radius 2 is 1.94 bits per heavy atom. The van der Waals surface area contributed by atoms with Crippen LogP contribution in [-0.2, 0) is 16.9 Å². The molecular formula is C23H21F2N5O4S. The van der Waals surface area contributed by atoms with Crippen LogP contribution in [-0.4, -0.2) is 57.5 Å². The van der Waals surface area contributed by atoms with E-state index in [0.29, 0.717) is 33.5 Å². The molecule has 1 N–H and O–H groups in total. The molecule has 5 rings (SSSR count). The van der Waals surface area contributed by atoms with E-state index in [2.05, 4.69) is 15.2 Å². The summed E-state index contributed by atoms with van der Waals surface area (Å²) < 4.78 is 56.4. The first kappa shape index (κ1) is 23.0. The number of carbonyl (C=O) groups excluding carboxylic acids is 1. The fraction of sp³-hybridized carbons (Fsp3) is 0.261. The first-order chi connectivity index (χ1) is 16.5. The largest absolute Gasteiger partial charge is 0.435 e. The number of carbonyl (C=O) groups is 1. The van der Waals surface area contributed by atoms with E-state index in [4.69, 9.17) is 5.10 Å². The molecule has 0 aliphatic carbocycles. The van der Waals surface area contributed by atoms with E-state index in [-0.39, 0.29) is 17.3 Å². The monoisotopic (exact) mass is 501 g/mol. The van der Waals surface area contributed by atoms with Crippen molar-refractivity contribution in [2.24, 2.45) is 7.05 Å². The van der Waals surface area contributed by atoms with Crippen LogP contribution < -0.4 is 10.1 Å². The molecule has 2 aromatic carbocycles. The number of fused-ring (bicyclic) bond motifs is 1. The van der Waals surface area contributed by atoms with Gasteiger partial charge in [0.25, 0.3) is 5.91 Å². The van der Waals surface area contributed by atoms with Crippen molar-refractivity contribution in [2.45, 2.75) is 19.1 Å². The maximum Gasteiger partial charge on any atom is 0.387 e. The Kier molecular flexibility index (Phi) is 5.35. The third kappa shape index (κ3) is 4.36. The van der Waals surface area contributed by atoms with Crippen molar-refractivity contribution in [3.63, 3.8) is 0 Å². The lowest BCUT2D eigenvalue weighted by molar-refractivity contribution is -0.0498. The molecule has 1 aliphatic heterocycles. The van der Waals surface area contributed by atoms with Crippen LogP contribution in [0.15, 0.2) is 54.7 Å². The maximum absolute atomic E-state index is 13.0. The Bertz CT molecular complexity index is 1550. The summed E-state index contributed by atoms with van der Waals surface area (Å²) >= 11 is 0. The van der Waals surface area contributed by atoms with E-state index in [1.807, 2.05) is 0 Å². The normalized spacial score (nSPS) is 16.3. The summed E-state index contributed by atoms with van der Waals surface area (Å²) in [5.74, 6) is -0.629.